The molecule has 0 saturated carbocycles. The molecule has 4 atom stereocenters. The third kappa shape index (κ3) is 11.6. The van der Waals surface area contributed by atoms with Crippen molar-refractivity contribution in [3.8, 4) is 5.75 Å². The molecule has 0 aliphatic rings. The lowest BCUT2D eigenvalue weighted by atomic mass is 10.1. The summed E-state index contributed by atoms with van der Waals surface area (Å²) < 4.78 is 0. The maximum atomic E-state index is 12.8. The Morgan fingerprint density at radius 1 is 0.811 bits per heavy atom. The summed E-state index contributed by atoms with van der Waals surface area (Å²) in [5.74, 6) is -6.17. The van der Waals surface area contributed by atoms with E-state index in [1.807, 2.05) is 0 Å². The first-order chi connectivity index (χ1) is 17.3. The molecule has 0 radical (unpaired) electrons. The highest BCUT2D eigenvalue weighted by Gasteiger charge is 2.30. The number of aromatic hydroxyl groups is 1. The summed E-state index contributed by atoms with van der Waals surface area (Å²) >= 11 is 4.02. The molecule has 1 aromatic rings. The van der Waals surface area contributed by atoms with Crippen LogP contribution in [-0.4, -0.2) is 80.8 Å². The summed E-state index contributed by atoms with van der Waals surface area (Å²) in [7, 11) is 0. The van der Waals surface area contributed by atoms with Gasteiger partial charge in [0, 0.05) is 25.0 Å². The average molecular weight is 542 g/mol. The average Bonchev–Trinajstić information content (AvgIpc) is 2.83. The highest BCUT2D eigenvalue weighted by Crippen LogP contribution is 2.12. The number of nitrogens with two attached hydrogens (primary N) is 2. The third-order valence-electron chi connectivity index (χ3n) is 5.12. The van der Waals surface area contributed by atoms with Crippen molar-refractivity contribution in [2.24, 2.45) is 11.5 Å². The van der Waals surface area contributed by atoms with Gasteiger partial charge in [-0.15, -0.1) is 0 Å². The monoisotopic (exact) mass is 541 g/mol. The largest absolute Gasteiger partial charge is 0.508 e. The van der Waals surface area contributed by atoms with Crippen LogP contribution in [0.1, 0.15) is 31.2 Å². The molecular weight excluding hydrogens is 510 g/mol. The predicted molar refractivity (Wildman–Crippen MR) is 132 cm³/mol. The predicted octanol–water partition coefficient (Wildman–Crippen LogP) is -2.14. The number of phenolic OH excluding ortho intramolecular Hbond substituents is 1. The second-order valence-electron chi connectivity index (χ2n) is 8.12. The zero-order chi connectivity index (χ0) is 28.1. The van der Waals surface area contributed by atoms with Crippen LogP contribution in [0.3, 0.4) is 0 Å². The van der Waals surface area contributed by atoms with Crippen molar-refractivity contribution in [1.82, 2.24) is 16.0 Å². The van der Waals surface area contributed by atoms with Crippen LogP contribution >= 0.6 is 12.6 Å². The number of phenols is 1. The fourth-order valence-electron chi connectivity index (χ4n) is 3.05. The van der Waals surface area contributed by atoms with Gasteiger partial charge < -0.3 is 42.7 Å². The van der Waals surface area contributed by atoms with Crippen molar-refractivity contribution < 1.29 is 44.1 Å². The Hall–Kier alpha value is -3.85. The number of carboxylic acid groups (broad SMARTS) is 2. The molecule has 4 unspecified atom stereocenters. The Morgan fingerprint density at radius 2 is 1.35 bits per heavy atom. The number of amides is 4. The number of nitrogens with one attached hydrogen (secondary N) is 3. The summed E-state index contributed by atoms with van der Waals surface area (Å²) in [6.07, 6.45) is -1.24. The van der Waals surface area contributed by atoms with Crippen LogP contribution in [-0.2, 0) is 35.2 Å². The van der Waals surface area contributed by atoms with E-state index in [9.17, 15) is 39.0 Å². The minimum atomic E-state index is -1.40. The van der Waals surface area contributed by atoms with Gasteiger partial charge >= 0.3 is 11.9 Å². The number of carbonyl (C=O) groups is 6. The zero-order valence-corrected chi connectivity index (χ0v) is 20.6. The standard InChI is InChI=1S/C22H31N5O9S/c23-13(5-7-17(24)29)19(32)25-14(6-8-18(30)31)20(33)27-16(10-37)21(34)26-15(22(35)36)9-11-1-3-12(28)4-2-11/h1-4,13-16,28,37H,5-10,23H2,(H2,24,29)(H,25,32)(H,26,34)(H,27,33)(H,30,31)(H,35,36). The van der Waals surface area contributed by atoms with E-state index in [2.05, 4.69) is 28.6 Å². The quantitative estimate of drug-likeness (QED) is 0.103. The van der Waals surface area contributed by atoms with Crippen LogP contribution in [0, 0.1) is 0 Å². The van der Waals surface area contributed by atoms with Crippen LogP contribution in [0.15, 0.2) is 24.3 Å². The number of carbonyl (C=O) groups excluding carboxylic acids is 4. The topological polar surface area (TPSA) is 251 Å². The van der Waals surface area contributed by atoms with E-state index < -0.39 is 66.2 Å². The molecule has 37 heavy (non-hydrogen) atoms. The summed E-state index contributed by atoms with van der Waals surface area (Å²) in [5.41, 5.74) is 11.2. The van der Waals surface area contributed by atoms with Gasteiger partial charge in [-0.2, -0.15) is 12.6 Å². The minimum absolute atomic E-state index is 0.0177. The molecule has 0 saturated heterocycles. The van der Waals surface area contributed by atoms with Gasteiger partial charge in [-0.1, -0.05) is 12.1 Å². The molecule has 204 valence electrons. The van der Waals surface area contributed by atoms with Crippen molar-refractivity contribution in [3.05, 3.63) is 29.8 Å². The molecule has 0 aliphatic heterocycles. The summed E-state index contributed by atoms with van der Waals surface area (Å²) in [4.78, 5) is 71.4. The molecular formula is C22H31N5O9S. The second-order valence-corrected chi connectivity index (χ2v) is 8.48. The maximum absolute atomic E-state index is 12.8. The fourth-order valence-corrected chi connectivity index (χ4v) is 3.31. The number of thiol groups is 1. The first-order valence-electron chi connectivity index (χ1n) is 11.1. The summed E-state index contributed by atoms with van der Waals surface area (Å²) in [6.45, 7) is 0. The number of rotatable bonds is 16. The highest BCUT2D eigenvalue weighted by atomic mass is 32.1. The molecule has 15 heteroatoms. The Morgan fingerprint density at radius 3 is 1.86 bits per heavy atom. The van der Waals surface area contributed by atoms with Crippen LogP contribution in [0.4, 0.5) is 0 Å². The smallest absolute Gasteiger partial charge is 0.326 e. The van der Waals surface area contributed by atoms with Crippen molar-refractivity contribution in [2.45, 2.75) is 56.3 Å². The van der Waals surface area contributed by atoms with E-state index in [1.165, 1.54) is 24.3 Å². The number of benzene rings is 1. The number of carboxylic acids is 2. The zero-order valence-electron chi connectivity index (χ0n) is 19.8. The molecule has 0 aromatic heterocycles. The Labute approximate surface area is 217 Å². The third-order valence-corrected chi connectivity index (χ3v) is 5.49. The molecule has 1 rings (SSSR count). The Kier molecular flexibility index (Phi) is 12.9. The van der Waals surface area contributed by atoms with Gasteiger partial charge in [-0.25, -0.2) is 4.79 Å². The van der Waals surface area contributed by atoms with Gasteiger partial charge in [0.1, 0.15) is 23.9 Å². The van der Waals surface area contributed by atoms with E-state index in [1.54, 1.807) is 0 Å². The van der Waals surface area contributed by atoms with Crippen LogP contribution in [0.25, 0.3) is 0 Å². The van der Waals surface area contributed by atoms with Crippen LogP contribution in [0.5, 0.6) is 5.75 Å². The first kappa shape index (κ1) is 31.2. The van der Waals surface area contributed by atoms with E-state index in [-0.39, 0.29) is 37.2 Å². The van der Waals surface area contributed by atoms with Gasteiger partial charge in [0.15, 0.2) is 0 Å². The highest BCUT2D eigenvalue weighted by molar-refractivity contribution is 7.80. The molecule has 1 aromatic carbocycles. The van der Waals surface area contributed by atoms with E-state index in [0.29, 0.717) is 5.56 Å². The lowest BCUT2D eigenvalue weighted by molar-refractivity contribution is -0.142. The fraction of sp³-hybridized carbons (Fsp3) is 0.455. The summed E-state index contributed by atoms with van der Waals surface area (Å²) in [5, 5.41) is 34.8. The van der Waals surface area contributed by atoms with Crippen molar-refractivity contribution >= 4 is 48.2 Å². The van der Waals surface area contributed by atoms with E-state index in [0.717, 1.165) is 0 Å². The SMILES string of the molecule is NC(=O)CCC(N)C(=O)NC(CCC(=O)O)C(=O)NC(CS)C(=O)NC(Cc1ccc(O)cc1)C(=O)O. The van der Waals surface area contributed by atoms with Crippen LogP contribution in [0.2, 0.25) is 0 Å². The number of hydrogen-bond acceptors (Lipinski definition) is 9. The maximum Gasteiger partial charge on any atom is 0.326 e. The van der Waals surface area contributed by atoms with E-state index in [4.69, 9.17) is 16.6 Å². The van der Waals surface area contributed by atoms with Gasteiger partial charge in [0.05, 0.1) is 6.04 Å². The molecule has 0 fully saturated rings. The van der Waals surface area contributed by atoms with Crippen molar-refractivity contribution in [3.63, 3.8) is 0 Å². The van der Waals surface area contributed by atoms with Gasteiger partial charge in [0.2, 0.25) is 23.6 Å². The lowest BCUT2D eigenvalue weighted by Crippen LogP contribution is -2.58. The molecule has 0 heterocycles. The Balaban J connectivity index is 2.89. The molecule has 0 spiro atoms. The second kappa shape index (κ2) is 15.3. The number of primary amides is 1. The van der Waals surface area contributed by atoms with E-state index >= 15 is 0 Å². The van der Waals surface area contributed by atoms with Gasteiger partial charge in [0.25, 0.3) is 0 Å². The molecule has 0 bridgehead atoms. The first-order valence-corrected chi connectivity index (χ1v) is 11.8. The molecule has 10 N–H and O–H groups in total. The molecule has 0 aliphatic carbocycles. The van der Waals surface area contributed by atoms with Gasteiger partial charge in [-0.05, 0) is 30.5 Å². The Bertz CT molecular complexity index is 989. The normalized spacial score (nSPS) is 13.9. The number of hydrogen-bond donors (Lipinski definition) is 9. The van der Waals surface area contributed by atoms with Crippen molar-refractivity contribution in [2.75, 3.05) is 5.75 Å². The minimum Gasteiger partial charge on any atom is -0.508 e. The molecule has 4 amide bonds. The van der Waals surface area contributed by atoms with Crippen molar-refractivity contribution in [1.29, 1.82) is 0 Å². The summed E-state index contributed by atoms with van der Waals surface area (Å²) in [6, 6.07) is 0.389. The van der Waals surface area contributed by atoms with Crippen LogP contribution < -0.4 is 27.4 Å². The van der Waals surface area contributed by atoms with Gasteiger partial charge in [-0.3, -0.25) is 24.0 Å². The molecule has 14 nitrogen and oxygen atoms in total. The lowest BCUT2D eigenvalue weighted by Gasteiger charge is -2.24. The number of aliphatic carboxylic acids is 2.